The number of hydrogen-bond acceptors (Lipinski definition) is 5. The Morgan fingerprint density at radius 2 is 2.17 bits per heavy atom. The topological polar surface area (TPSA) is 48.0 Å². The van der Waals surface area contributed by atoms with Gasteiger partial charge in [-0.25, -0.2) is 4.98 Å². The van der Waals surface area contributed by atoms with Gasteiger partial charge in [-0.3, -0.25) is 9.36 Å². The van der Waals surface area contributed by atoms with Gasteiger partial charge in [-0.2, -0.15) is 11.8 Å². The van der Waals surface area contributed by atoms with Gasteiger partial charge in [-0.05, 0) is 36.6 Å². The lowest BCUT2D eigenvalue weighted by Gasteiger charge is -2.12. The van der Waals surface area contributed by atoms with Gasteiger partial charge in [0.25, 0.3) is 5.56 Å². The zero-order valence-corrected chi connectivity index (χ0v) is 14.9. The summed E-state index contributed by atoms with van der Waals surface area (Å²) >= 11 is 9.37. The van der Waals surface area contributed by atoms with Crippen LogP contribution in [0.1, 0.15) is 5.76 Å². The Labute approximate surface area is 147 Å². The van der Waals surface area contributed by atoms with Crippen molar-refractivity contribution in [3.8, 4) is 0 Å². The molecular weight excluding hydrogens is 352 g/mol. The van der Waals surface area contributed by atoms with Crippen molar-refractivity contribution < 1.29 is 4.42 Å². The van der Waals surface area contributed by atoms with Crippen LogP contribution in [0.5, 0.6) is 0 Å². The molecule has 0 fully saturated rings. The van der Waals surface area contributed by atoms with Crippen LogP contribution in [-0.4, -0.2) is 27.3 Å². The van der Waals surface area contributed by atoms with E-state index in [1.165, 1.54) is 0 Å². The number of thioether (sulfide) groups is 2. The van der Waals surface area contributed by atoms with Crippen LogP contribution in [0.4, 0.5) is 0 Å². The second-order valence-corrected chi connectivity index (χ2v) is 7.35. The summed E-state index contributed by atoms with van der Waals surface area (Å²) in [6.45, 7) is 0.374. The number of nitrogens with zero attached hydrogens (tertiary/aromatic N) is 2. The van der Waals surface area contributed by atoms with Crippen LogP contribution in [-0.2, 0) is 6.54 Å². The van der Waals surface area contributed by atoms with Crippen molar-refractivity contribution >= 4 is 46.0 Å². The first kappa shape index (κ1) is 16.5. The second-order valence-electron chi connectivity index (χ2n) is 4.87. The maximum Gasteiger partial charge on any atom is 0.262 e. The second kappa shape index (κ2) is 7.47. The van der Waals surface area contributed by atoms with Gasteiger partial charge in [0, 0.05) is 16.5 Å². The molecule has 0 saturated heterocycles. The van der Waals surface area contributed by atoms with Crippen molar-refractivity contribution in [1.29, 1.82) is 0 Å². The molecule has 0 atom stereocenters. The summed E-state index contributed by atoms with van der Waals surface area (Å²) in [4.78, 5) is 17.5. The molecule has 4 nitrogen and oxygen atoms in total. The Kier molecular flexibility index (Phi) is 5.35. The standard InChI is InChI=1S/C16H15ClN2O2S2/c1-22-7-8-23-16-18-14-9-11(17)4-5-13(14)15(20)19(16)10-12-3-2-6-21-12/h2-6,9H,7-8,10H2,1H3. The molecular formula is C16H15ClN2O2S2. The number of benzene rings is 1. The van der Waals surface area contributed by atoms with Crippen molar-refractivity contribution in [2.24, 2.45) is 0 Å². The molecule has 0 N–H and O–H groups in total. The zero-order chi connectivity index (χ0) is 16.2. The Morgan fingerprint density at radius 1 is 1.30 bits per heavy atom. The number of fused-ring (bicyclic) bond motifs is 1. The SMILES string of the molecule is CSCCSc1nc2cc(Cl)ccc2c(=O)n1Cc1ccco1. The molecule has 0 aliphatic carbocycles. The predicted molar refractivity (Wildman–Crippen MR) is 97.9 cm³/mol. The fourth-order valence-electron chi connectivity index (χ4n) is 2.20. The van der Waals surface area contributed by atoms with Gasteiger partial charge in [0.05, 0.1) is 23.7 Å². The molecule has 0 spiro atoms. The first-order chi connectivity index (χ1) is 11.2. The quantitative estimate of drug-likeness (QED) is 0.372. The summed E-state index contributed by atoms with van der Waals surface area (Å²) in [5.41, 5.74) is 0.555. The smallest absolute Gasteiger partial charge is 0.262 e. The lowest BCUT2D eigenvalue weighted by atomic mass is 10.2. The number of halogens is 1. The van der Waals surface area contributed by atoms with E-state index in [0.29, 0.717) is 27.6 Å². The van der Waals surface area contributed by atoms with E-state index in [4.69, 9.17) is 16.0 Å². The summed E-state index contributed by atoms with van der Waals surface area (Å²) in [6.07, 6.45) is 3.67. The highest BCUT2D eigenvalue weighted by Crippen LogP contribution is 2.21. The minimum absolute atomic E-state index is 0.0743. The van der Waals surface area contributed by atoms with E-state index in [1.807, 2.05) is 12.1 Å². The molecule has 2 aromatic heterocycles. The lowest BCUT2D eigenvalue weighted by molar-refractivity contribution is 0.476. The van der Waals surface area contributed by atoms with Gasteiger partial charge in [0.2, 0.25) is 0 Å². The third-order valence-corrected chi connectivity index (χ3v) is 5.38. The largest absolute Gasteiger partial charge is 0.467 e. The van der Waals surface area contributed by atoms with E-state index in [0.717, 1.165) is 17.3 Å². The number of furan rings is 1. The average molecular weight is 367 g/mol. The van der Waals surface area contributed by atoms with E-state index in [-0.39, 0.29) is 5.56 Å². The number of rotatable bonds is 6. The van der Waals surface area contributed by atoms with Crippen molar-refractivity contribution in [2.75, 3.05) is 17.8 Å². The van der Waals surface area contributed by atoms with Gasteiger partial charge < -0.3 is 4.42 Å². The minimum Gasteiger partial charge on any atom is -0.467 e. The van der Waals surface area contributed by atoms with Gasteiger partial charge >= 0.3 is 0 Å². The van der Waals surface area contributed by atoms with Crippen molar-refractivity contribution in [1.82, 2.24) is 9.55 Å². The van der Waals surface area contributed by atoms with Crippen LogP contribution in [0.2, 0.25) is 5.02 Å². The molecule has 0 unspecified atom stereocenters. The van der Waals surface area contributed by atoms with Crippen molar-refractivity contribution in [2.45, 2.75) is 11.7 Å². The highest BCUT2D eigenvalue weighted by atomic mass is 35.5. The fraction of sp³-hybridized carbons (Fsp3) is 0.250. The van der Waals surface area contributed by atoms with Crippen LogP contribution in [0, 0.1) is 0 Å². The molecule has 3 rings (SSSR count). The van der Waals surface area contributed by atoms with Crippen molar-refractivity contribution in [3.05, 3.63) is 57.7 Å². The van der Waals surface area contributed by atoms with E-state index < -0.39 is 0 Å². The third-order valence-electron chi connectivity index (χ3n) is 3.30. The third kappa shape index (κ3) is 3.76. The normalized spacial score (nSPS) is 11.2. The maximum atomic E-state index is 12.8. The summed E-state index contributed by atoms with van der Waals surface area (Å²) in [5.74, 6) is 2.61. The molecule has 2 heterocycles. The van der Waals surface area contributed by atoms with Crippen LogP contribution in [0.15, 0.2) is 51.0 Å². The molecule has 0 saturated carbocycles. The molecule has 120 valence electrons. The molecule has 3 aromatic rings. The maximum absolute atomic E-state index is 12.8. The van der Waals surface area contributed by atoms with Gasteiger partial charge in [0.15, 0.2) is 5.16 Å². The van der Waals surface area contributed by atoms with E-state index in [1.54, 1.807) is 52.6 Å². The van der Waals surface area contributed by atoms with Crippen LogP contribution in [0.25, 0.3) is 10.9 Å². The molecule has 23 heavy (non-hydrogen) atoms. The van der Waals surface area contributed by atoms with Crippen molar-refractivity contribution in [3.63, 3.8) is 0 Å². The number of hydrogen-bond donors (Lipinski definition) is 0. The molecule has 0 radical (unpaired) electrons. The molecule has 0 aliphatic heterocycles. The molecule has 7 heteroatoms. The van der Waals surface area contributed by atoms with Gasteiger partial charge in [-0.15, -0.1) is 0 Å². The average Bonchev–Trinajstić information content (AvgIpc) is 3.04. The van der Waals surface area contributed by atoms with Crippen LogP contribution < -0.4 is 5.56 Å². The molecule has 1 aromatic carbocycles. The first-order valence-electron chi connectivity index (χ1n) is 7.03. The minimum atomic E-state index is -0.0743. The molecule has 0 aliphatic rings. The van der Waals surface area contributed by atoms with Gasteiger partial charge in [0.1, 0.15) is 5.76 Å². The highest BCUT2D eigenvalue weighted by Gasteiger charge is 2.13. The summed E-state index contributed by atoms with van der Waals surface area (Å²) in [5, 5.41) is 1.83. The molecule has 0 bridgehead atoms. The zero-order valence-electron chi connectivity index (χ0n) is 12.5. The van der Waals surface area contributed by atoms with Crippen LogP contribution >= 0.6 is 35.1 Å². The Balaban J connectivity index is 2.09. The Hall–Kier alpha value is -1.37. The molecule has 0 amide bonds. The summed E-state index contributed by atoms with van der Waals surface area (Å²) < 4.78 is 7.05. The fourth-order valence-corrected chi connectivity index (χ4v) is 4.01. The van der Waals surface area contributed by atoms with E-state index in [9.17, 15) is 4.79 Å². The van der Waals surface area contributed by atoms with Gasteiger partial charge in [-0.1, -0.05) is 23.4 Å². The summed E-state index contributed by atoms with van der Waals surface area (Å²) in [7, 11) is 0. The number of aromatic nitrogens is 2. The van der Waals surface area contributed by atoms with Crippen LogP contribution in [0.3, 0.4) is 0 Å². The lowest BCUT2D eigenvalue weighted by Crippen LogP contribution is -2.24. The Bertz CT molecular complexity index is 862. The van der Waals surface area contributed by atoms with E-state index >= 15 is 0 Å². The first-order valence-corrected chi connectivity index (χ1v) is 9.79. The van der Waals surface area contributed by atoms with E-state index in [2.05, 4.69) is 11.2 Å². The monoisotopic (exact) mass is 366 g/mol. The summed E-state index contributed by atoms with van der Waals surface area (Å²) in [6, 6.07) is 8.84. The Morgan fingerprint density at radius 3 is 2.91 bits per heavy atom. The highest BCUT2D eigenvalue weighted by molar-refractivity contribution is 8.02. The predicted octanol–water partition coefficient (Wildman–Crippen LogP) is 4.15.